The maximum absolute atomic E-state index is 12.0. The highest BCUT2D eigenvalue weighted by Gasteiger charge is 2.24. The Morgan fingerprint density at radius 1 is 1.44 bits per heavy atom. The molecule has 2 N–H and O–H groups in total. The summed E-state index contributed by atoms with van der Waals surface area (Å²) >= 11 is 0. The number of sulfone groups is 1. The molecule has 0 atom stereocenters. The van der Waals surface area contributed by atoms with Gasteiger partial charge in [-0.1, -0.05) is 13.8 Å². The zero-order valence-electron chi connectivity index (χ0n) is 11.4. The minimum atomic E-state index is -3.27. The average Bonchev–Trinajstić information content (AvgIpc) is 2.45. The van der Waals surface area contributed by atoms with E-state index < -0.39 is 15.4 Å². The quantitative estimate of drug-likeness (QED) is 0.819. The molecule has 0 saturated heterocycles. The SMILES string of the molecule is CC(C)Cn1ncnc1CS(=O)(=O)CC(C)(C)N. The smallest absolute Gasteiger partial charge is 0.159 e. The molecule has 0 unspecified atom stereocenters. The molecule has 104 valence electrons. The summed E-state index contributed by atoms with van der Waals surface area (Å²) < 4.78 is 25.6. The standard InChI is InChI=1S/C11H22N4O2S/c1-9(2)5-15-10(13-8-14-15)6-18(16,17)7-11(3,4)12/h8-9H,5-7,12H2,1-4H3. The van der Waals surface area contributed by atoms with Crippen molar-refractivity contribution in [1.82, 2.24) is 14.8 Å². The van der Waals surface area contributed by atoms with Gasteiger partial charge in [-0.2, -0.15) is 5.10 Å². The summed E-state index contributed by atoms with van der Waals surface area (Å²) in [6.07, 6.45) is 1.39. The van der Waals surface area contributed by atoms with Gasteiger partial charge in [-0.3, -0.25) is 0 Å². The third-order valence-electron chi connectivity index (χ3n) is 2.17. The van der Waals surface area contributed by atoms with Crippen LogP contribution in [0.2, 0.25) is 0 Å². The van der Waals surface area contributed by atoms with Crippen LogP contribution in [0.15, 0.2) is 6.33 Å². The van der Waals surface area contributed by atoms with Crippen molar-refractivity contribution >= 4 is 9.84 Å². The molecule has 6 nitrogen and oxygen atoms in total. The number of rotatable bonds is 6. The van der Waals surface area contributed by atoms with E-state index in [0.717, 1.165) is 0 Å². The molecule has 0 aromatic carbocycles. The highest BCUT2D eigenvalue weighted by atomic mass is 32.2. The van der Waals surface area contributed by atoms with Crippen molar-refractivity contribution in [1.29, 1.82) is 0 Å². The lowest BCUT2D eigenvalue weighted by Gasteiger charge is -2.18. The Balaban J connectivity index is 2.82. The van der Waals surface area contributed by atoms with E-state index in [1.165, 1.54) is 6.33 Å². The molecule has 1 aromatic heterocycles. The van der Waals surface area contributed by atoms with E-state index in [9.17, 15) is 8.42 Å². The molecule has 0 amide bonds. The fourth-order valence-corrected chi connectivity index (χ4v) is 3.57. The zero-order chi connectivity index (χ0) is 14.0. The lowest BCUT2D eigenvalue weighted by Crippen LogP contribution is -2.40. The lowest BCUT2D eigenvalue weighted by molar-refractivity contribution is 0.469. The van der Waals surface area contributed by atoms with Crippen LogP contribution in [0.1, 0.15) is 33.5 Å². The van der Waals surface area contributed by atoms with Crippen molar-refractivity contribution in [2.75, 3.05) is 5.75 Å². The number of hydrogen-bond acceptors (Lipinski definition) is 5. The van der Waals surface area contributed by atoms with Gasteiger partial charge >= 0.3 is 0 Å². The number of hydrogen-bond donors (Lipinski definition) is 1. The second kappa shape index (κ2) is 5.36. The molecule has 0 aliphatic heterocycles. The van der Waals surface area contributed by atoms with Crippen LogP contribution in [0.3, 0.4) is 0 Å². The zero-order valence-corrected chi connectivity index (χ0v) is 12.2. The van der Waals surface area contributed by atoms with Gasteiger partial charge in [0.15, 0.2) is 9.84 Å². The topological polar surface area (TPSA) is 90.9 Å². The van der Waals surface area contributed by atoms with Gasteiger partial charge in [-0.25, -0.2) is 18.1 Å². The molecule has 0 bridgehead atoms. The molecule has 0 saturated carbocycles. The Labute approximate surface area is 109 Å². The Hall–Kier alpha value is -0.950. The maximum atomic E-state index is 12.0. The highest BCUT2D eigenvalue weighted by Crippen LogP contribution is 2.10. The van der Waals surface area contributed by atoms with Gasteiger partial charge in [-0.05, 0) is 19.8 Å². The van der Waals surface area contributed by atoms with Crippen LogP contribution in [0.5, 0.6) is 0 Å². The highest BCUT2D eigenvalue weighted by molar-refractivity contribution is 7.90. The molecule has 0 aliphatic rings. The summed E-state index contributed by atoms with van der Waals surface area (Å²) in [7, 11) is -3.27. The van der Waals surface area contributed by atoms with Crippen LogP contribution in [0.4, 0.5) is 0 Å². The number of aromatic nitrogens is 3. The number of nitrogens with zero attached hydrogens (tertiary/aromatic N) is 3. The summed E-state index contributed by atoms with van der Waals surface area (Å²) in [5.74, 6) is 0.696. The summed E-state index contributed by atoms with van der Waals surface area (Å²) in [5, 5.41) is 4.05. The monoisotopic (exact) mass is 274 g/mol. The average molecular weight is 274 g/mol. The van der Waals surface area contributed by atoms with E-state index in [1.54, 1.807) is 18.5 Å². The van der Waals surface area contributed by atoms with E-state index >= 15 is 0 Å². The van der Waals surface area contributed by atoms with Crippen molar-refractivity contribution < 1.29 is 8.42 Å². The minimum absolute atomic E-state index is 0.0610. The van der Waals surface area contributed by atoms with Gasteiger partial charge in [0.05, 0.1) is 5.75 Å². The van der Waals surface area contributed by atoms with Gasteiger partial charge in [0.1, 0.15) is 17.9 Å². The molecule has 1 rings (SSSR count). The summed E-state index contributed by atoms with van der Waals surface area (Å²) in [4.78, 5) is 4.02. The van der Waals surface area contributed by atoms with Crippen molar-refractivity contribution in [3.05, 3.63) is 12.2 Å². The second-order valence-corrected chi connectivity index (χ2v) is 7.84. The van der Waals surface area contributed by atoms with E-state index in [-0.39, 0.29) is 11.5 Å². The molecule has 0 spiro atoms. The molecule has 1 heterocycles. The first kappa shape index (κ1) is 15.1. The van der Waals surface area contributed by atoms with Gasteiger partial charge in [0.25, 0.3) is 0 Å². The lowest BCUT2D eigenvalue weighted by atomic mass is 10.1. The summed E-state index contributed by atoms with van der Waals surface area (Å²) in [5.41, 5.74) is 5.01. The fourth-order valence-electron chi connectivity index (χ4n) is 1.71. The summed E-state index contributed by atoms with van der Waals surface area (Å²) in [6, 6.07) is 0. The van der Waals surface area contributed by atoms with Crippen LogP contribution >= 0.6 is 0 Å². The molecular weight excluding hydrogens is 252 g/mol. The molecule has 0 radical (unpaired) electrons. The van der Waals surface area contributed by atoms with Gasteiger partial charge < -0.3 is 5.73 Å². The van der Waals surface area contributed by atoms with E-state index in [1.807, 2.05) is 13.8 Å². The van der Waals surface area contributed by atoms with Crippen molar-refractivity contribution in [2.24, 2.45) is 11.7 Å². The van der Waals surface area contributed by atoms with Crippen molar-refractivity contribution in [2.45, 2.75) is 45.5 Å². The molecule has 0 aliphatic carbocycles. The molecular formula is C11H22N4O2S. The molecule has 1 aromatic rings. The Bertz CT molecular complexity index is 485. The number of nitrogens with two attached hydrogens (primary N) is 1. The first-order chi connectivity index (χ1) is 8.09. The van der Waals surface area contributed by atoms with Gasteiger partial charge in [0, 0.05) is 12.1 Å². The van der Waals surface area contributed by atoms with Crippen LogP contribution in [0, 0.1) is 5.92 Å². The largest absolute Gasteiger partial charge is 0.325 e. The van der Waals surface area contributed by atoms with Gasteiger partial charge in [-0.15, -0.1) is 0 Å². The van der Waals surface area contributed by atoms with Crippen molar-refractivity contribution in [3.63, 3.8) is 0 Å². The Morgan fingerprint density at radius 3 is 2.56 bits per heavy atom. The normalized spacial score (nSPS) is 13.2. The summed E-state index contributed by atoms with van der Waals surface area (Å²) in [6.45, 7) is 8.15. The fraction of sp³-hybridized carbons (Fsp3) is 0.818. The Morgan fingerprint density at radius 2 is 2.06 bits per heavy atom. The minimum Gasteiger partial charge on any atom is -0.325 e. The molecule has 18 heavy (non-hydrogen) atoms. The van der Waals surface area contributed by atoms with E-state index in [4.69, 9.17) is 5.73 Å². The van der Waals surface area contributed by atoms with E-state index in [2.05, 4.69) is 10.1 Å². The molecule has 0 fully saturated rings. The Kier molecular flexibility index (Phi) is 4.50. The van der Waals surface area contributed by atoms with Gasteiger partial charge in [0.2, 0.25) is 0 Å². The van der Waals surface area contributed by atoms with Crippen molar-refractivity contribution in [3.8, 4) is 0 Å². The van der Waals surface area contributed by atoms with E-state index in [0.29, 0.717) is 18.3 Å². The van der Waals surface area contributed by atoms with Crippen LogP contribution in [-0.2, 0) is 22.1 Å². The third kappa shape index (κ3) is 5.14. The third-order valence-corrected chi connectivity index (χ3v) is 4.06. The molecule has 7 heteroatoms. The first-order valence-electron chi connectivity index (χ1n) is 5.95. The second-order valence-electron chi connectivity index (χ2n) is 5.77. The first-order valence-corrected chi connectivity index (χ1v) is 7.77. The maximum Gasteiger partial charge on any atom is 0.159 e. The van der Waals surface area contributed by atoms with Crippen LogP contribution in [-0.4, -0.2) is 34.5 Å². The predicted octanol–water partition coefficient (Wildman–Crippen LogP) is 0.586. The van der Waals surface area contributed by atoms with Crippen LogP contribution in [0.25, 0.3) is 0 Å². The predicted molar refractivity (Wildman–Crippen MR) is 70.6 cm³/mol. The van der Waals surface area contributed by atoms with Crippen LogP contribution < -0.4 is 5.73 Å².